The fraction of sp³-hybridized carbons (Fsp3) is 0.103. The van der Waals surface area contributed by atoms with E-state index in [4.69, 9.17) is 9.02 Å². The SMILES string of the molecule is O=C1C2ON(c3ccccc3)C(c3ccc(OS(=O)(=O)c4ccccc4)cc3)C2C(=O)N1c1ccccc1. The van der Waals surface area contributed by atoms with Crippen molar-refractivity contribution in [1.29, 1.82) is 0 Å². The molecule has 4 aromatic rings. The summed E-state index contributed by atoms with van der Waals surface area (Å²) in [6, 6.07) is 31.6. The summed E-state index contributed by atoms with van der Waals surface area (Å²) in [4.78, 5) is 34.4. The number of nitrogens with zero attached hydrogens (tertiary/aromatic N) is 2. The van der Waals surface area contributed by atoms with Gasteiger partial charge >= 0.3 is 10.1 Å². The van der Waals surface area contributed by atoms with Crippen LogP contribution in [0.1, 0.15) is 11.6 Å². The number of carbonyl (C=O) groups excluding carboxylic acids is 2. The van der Waals surface area contributed by atoms with Gasteiger partial charge in [-0.2, -0.15) is 8.42 Å². The molecule has 2 amide bonds. The van der Waals surface area contributed by atoms with E-state index in [2.05, 4.69) is 0 Å². The molecule has 9 heteroatoms. The minimum absolute atomic E-state index is 0.0439. The standard InChI is InChI=1S/C29H22N2O6S/c32-28-25-26(20-16-18-23(19-17-20)37-38(34,35)24-14-8-3-9-15-24)31(22-12-6-2-7-13-22)36-27(25)29(33)30(28)21-10-4-1-5-11-21/h1-19,25-27H. The van der Waals surface area contributed by atoms with Crippen LogP contribution in [0, 0.1) is 5.92 Å². The van der Waals surface area contributed by atoms with E-state index < -0.39 is 34.1 Å². The fourth-order valence-corrected chi connectivity index (χ4v) is 5.82. The first-order valence-corrected chi connectivity index (χ1v) is 13.4. The molecule has 6 rings (SSSR count). The molecule has 0 aromatic heterocycles. The maximum atomic E-state index is 13.7. The summed E-state index contributed by atoms with van der Waals surface area (Å²) in [6.07, 6.45) is -0.998. The molecule has 4 aromatic carbocycles. The number of imide groups is 1. The van der Waals surface area contributed by atoms with Gasteiger partial charge in [0.2, 0.25) is 5.91 Å². The van der Waals surface area contributed by atoms with E-state index in [-0.39, 0.29) is 16.6 Å². The van der Waals surface area contributed by atoms with E-state index in [0.29, 0.717) is 16.9 Å². The summed E-state index contributed by atoms with van der Waals surface area (Å²) in [6.45, 7) is 0. The van der Waals surface area contributed by atoms with Gasteiger partial charge in [0, 0.05) is 0 Å². The molecule has 0 spiro atoms. The molecule has 0 saturated carbocycles. The Morgan fingerprint density at radius 1 is 0.658 bits per heavy atom. The van der Waals surface area contributed by atoms with Crippen molar-refractivity contribution in [2.45, 2.75) is 17.0 Å². The van der Waals surface area contributed by atoms with E-state index in [9.17, 15) is 18.0 Å². The van der Waals surface area contributed by atoms with Gasteiger partial charge in [0.05, 0.1) is 17.4 Å². The van der Waals surface area contributed by atoms with Crippen LogP contribution in [0.2, 0.25) is 0 Å². The molecule has 8 nitrogen and oxygen atoms in total. The number of fused-ring (bicyclic) bond motifs is 1. The van der Waals surface area contributed by atoms with Gasteiger partial charge in [0.1, 0.15) is 16.6 Å². The lowest BCUT2D eigenvalue weighted by molar-refractivity contribution is -0.126. The minimum atomic E-state index is -4.01. The summed E-state index contributed by atoms with van der Waals surface area (Å²) >= 11 is 0. The topological polar surface area (TPSA) is 93.2 Å². The van der Waals surface area contributed by atoms with Crippen LogP contribution in [0.4, 0.5) is 11.4 Å². The predicted octanol–water partition coefficient (Wildman–Crippen LogP) is 4.51. The van der Waals surface area contributed by atoms with Gasteiger partial charge in [-0.15, -0.1) is 0 Å². The third-order valence-electron chi connectivity index (χ3n) is 6.60. The molecule has 0 N–H and O–H groups in total. The normalized spacial score (nSPS) is 21.0. The average molecular weight is 527 g/mol. The number of benzene rings is 4. The maximum absolute atomic E-state index is 13.7. The van der Waals surface area contributed by atoms with Crippen molar-refractivity contribution < 1.29 is 27.0 Å². The van der Waals surface area contributed by atoms with Crippen LogP contribution in [-0.4, -0.2) is 26.3 Å². The summed E-state index contributed by atoms with van der Waals surface area (Å²) in [5.41, 5.74) is 1.84. The third kappa shape index (κ3) is 4.11. The zero-order valence-corrected chi connectivity index (χ0v) is 20.8. The molecule has 190 valence electrons. The second-order valence-electron chi connectivity index (χ2n) is 8.92. The number of amides is 2. The van der Waals surface area contributed by atoms with Crippen molar-refractivity contribution in [2.75, 3.05) is 9.96 Å². The Balaban J connectivity index is 1.34. The first-order chi connectivity index (χ1) is 18.4. The van der Waals surface area contributed by atoms with Crippen molar-refractivity contribution in [2.24, 2.45) is 5.92 Å². The summed E-state index contributed by atoms with van der Waals surface area (Å²) in [5, 5.41) is 1.59. The zero-order valence-electron chi connectivity index (χ0n) is 20.0. The first kappa shape index (κ1) is 23.9. The van der Waals surface area contributed by atoms with Crippen molar-refractivity contribution >= 4 is 33.3 Å². The van der Waals surface area contributed by atoms with Crippen LogP contribution in [0.15, 0.2) is 120 Å². The Kier molecular flexibility index (Phi) is 5.94. The number of hydrogen-bond acceptors (Lipinski definition) is 7. The molecular weight excluding hydrogens is 504 g/mol. The molecule has 2 saturated heterocycles. The fourth-order valence-electron chi connectivity index (χ4n) is 4.87. The van der Waals surface area contributed by atoms with Crippen molar-refractivity contribution in [3.05, 3.63) is 121 Å². The first-order valence-electron chi connectivity index (χ1n) is 12.0. The Hall–Kier alpha value is -4.47. The summed E-state index contributed by atoms with van der Waals surface area (Å²) in [5.74, 6) is -1.47. The second kappa shape index (κ2) is 9.44. The van der Waals surface area contributed by atoms with Crippen molar-refractivity contribution in [3.8, 4) is 5.75 Å². The second-order valence-corrected chi connectivity index (χ2v) is 10.5. The lowest BCUT2D eigenvalue weighted by atomic mass is 9.90. The van der Waals surface area contributed by atoms with Crippen LogP contribution in [-0.2, 0) is 24.5 Å². The average Bonchev–Trinajstić information content (AvgIpc) is 3.46. The Morgan fingerprint density at radius 2 is 1.21 bits per heavy atom. The lowest BCUT2D eigenvalue weighted by Crippen LogP contribution is -2.37. The lowest BCUT2D eigenvalue weighted by Gasteiger charge is -2.28. The largest absolute Gasteiger partial charge is 0.379 e. The zero-order chi connectivity index (χ0) is 26.3. The molecule has 0 bridgehead atoms. The molecule has 3 unspecified atom stereocenters. The smallest absolute Gasteiger partial charge is 0.339 e. The Bertz CT molecular complexity index is 1580. The molecule has 2 heterocycles. The molecule has 2 fully saturated rings. The highest BCUT2D eigenvalue weighted by molar-refractivity contribution is 7.87. The molecule has 38 heavy (non-hydrogen) atoms. The monoisotopic (exact) mass is 526 g/mol. The number of hydrogen-bond donors (Lipinski definition) is 0. The van der Waals surface area contributed by atoms with E-state index in [1.165, 1.54) is 29.2 Å². The van der Waals surface area contributed by atoms with Gasteiger partial charge in [-0.1, -0.05) is 66.7 Å². The van der Waals surface area contributed by atoms with Gasteiger partial charge in [-0.3, -0.25) is 14.4 Å². The molecule has 2 aliphatic heterocycles. The van der Waals surface area contributed by atoms with Crippen molar-refractivity contribution in [1.82, 2.24) is 0 Å². The molecule has 0 radical (unpaired) electrons. The Labute approximate surface area is 219 Å². The number of anilines is 2. The van der Waals surface area contributed by atoms with E-state index in [0.717, 1.165) is 0 Å². The third-order valence-corrected chi connectivity index (χ3v) is 7.86. The molecule has 0 aliphatic carbocycles. The molecule has 3 atom stereocenters. The van der Waals surface area contributed by atoms with Gasteiger partial charge < -0.3 is 4.18 Å². The predicted molar refractivity (Wildman–Crippen MR) is 140 cm³/mol. The van der Waals surface area contributed by atoms with Gasteiger partial charge in [-0.05, 0) is 54.1 Å². The molecular formula is C29H22N2O6S. The van der Waals surface area contributed by atoms with Crippen LogP contribution < -0.4 is 14.1 Å². The number of hydroxylamine groups is 1. The van der Waals surface area contributed by atoms with Crippen LogP contribution in [0.5, 0.6) is 5.75 Å². The van der Waals surface area contributed by atoms with Crippen LogP contribution in [0.3, 0.4) is 0 Å². The van der Waals surface area contributed by atoms with Crippen molar-refractivity contribution in [3.63, 3.8) is 0 Å². The van der Waals surface area contributed by atoms with Crippen LogP contribution >= 0.6 is 0 Å². The number of para-hydroxylation sites is 2. The molecule has 2 aliphatic rings. The highest BCUT2D eigenvalue weighted by Gasteiger charge is 2.60. The van der Waals surface area contributed by atoms with Gasteiger partial charge in [0.15, 0.2) is 6.10 Å². The quantitative estimate of drug-likeness (QED) is 0.270. The summed E-state index contributed by atoms with van der Waals surface area (Å²) < 4.78 is 30.6. The van der Waals surface area contributed by atoms with Crippen LogP contribution in [0.25, 0.3) is 0 Å². The highest BCUT2D eigenvalue weighted by atomic mass is 32.2. The van der Waals surface area contributed by atoms with Gasteiger partial charge in [0.25, 0.3) is 5.91 Å². The number of rotatable bonds is 6. The highest BCUT2D eigenvalue weighted by Crippen LogP contribution is 2.47. The minimum Gasteiger partial charge on any atom is -0.379 e. The number of carbonyl (C=O) groups is 2. The van der Waals surface area contributed by atoms with E-state index in [1.54, 1.807) is 59.7 Å². The summed E-state index contributed by atoms with van der Waals surface area (Å²) in [7, 11) is -4.01. The van der Waals surface area contributed by atoms with E-state index >= 15 is 0 Å². The maximum Gasteiger partial charge on any atom is 0.339 e. The Morgan fingerprint density at radius 3 is 1.82 bits per heavy atom. The van der Waals surface area contributed by atoms with E-state index in [1.807, 2.05) is 36.4 Å². The van der Waals surface area contributed by atoms with Gasteiger partial charge in [-0.25, -0.2) is 9.96 Å².